The lowest BCUT2D eigenvalue weighted by Crippen LogP contribution is -2.38. The molecular weight excluding hydrogens is 434 g/mol. The summed E-state index contributed by atoms with van der Waals surface area (Å²) in [5.41, 5.74) is 8.97. The second-order valence-electron chi connectivity index (χ2n) is 9.88. The number of amides is 2. The van der Waals surface area contributed by atoms with E-state index in [1.807, 2.05) is 11.0 Å². The summed E-state index contributed by atoms with van der Waals surface area (Å²) in [5.74, 6) is 0.573. The first kappa shape index (κ1) is 23.3. The SMILES string of the molecule is NC(=O)c1ccccc1C(=O)N1CC(CN2CCC(c3ccccc3)CC2)C(c2ccccc2)C1. The van der Waals surface area contributed by atoms with Gasteiger partial charge < -0.3 is 15.5 Å². The normalized spacial score (nSPS) is 21.2. The second-order valence-corrected chi connectivity index (χ2v) is 9.88. The molecule has 5 heteroatoms. The standard InChI is InChI=1S/C30H33N3O2/c31-29(34)26-13-7-8-14-27(26)30(35)33-20-25(28(21-33)24-11-5-2-6-12-24)19-32-17-15-23(16-18-32)22-9-3-1-4-10-22/h1-14,23,25,28H,15-21H2,(H2,31,34). The van der Waals surface area contributed by atoms with Gasteiger partial charge in [-0.05, 0) is 61.0 Å². The summed E-state index contributed by atoms with van der Waals surface area (Å²) in [6, 6.07) is 28.2. The Hall–Kier alpha value is -3.44. The van der Waals surface area contributed by atoms with Crippen LogP contribution in [0.5, 0.6) is 0 Å². The molecule has 2 amide bonds. The molecule has 3 aromatic rings. The van der Waals surface area contributed by atoms with E-state index >= 15 is 0 Å². The minimum absolute atomic E-state index is 0.106. The van der Waals surface area contributed by atoms with Gasteiger partial charge in [0, 0.05) is 25.6 Å². The second kappa shape index (κ2) is 10.4. The lowest BCUT2D eigenvalue weighted by molar-refractivity contribution is 0.0775. The first-order chi connectivity index (χ1) is 17.1. The number of hydrogen-bond donors (Lipinski definition) is 1. The van der Waals surface area contributed by atoms with Gasteiger partial charge in [0.15, 0.2) is 0 Å². The van der Waals surface area contributed by atoms with Crippen LogP contribution < -0.4 is 5.73 Å². The molecule has 2 heterocycles. The molecule has 3 aromatic carbocycles. The van der Waals surface area contributed by atoms with Crippen molar-refractivity contribution >= 4 is 11.8 Å². The molecule has 2 fully saturated rings. The van der Waals surface area contributed by atoms with Crippen LogP contribution in [0.15, 0.2) is 84.9 Å². The largest absolute Gasteiger partial charge is 0.366 e. The third-order valence-corrected chi connectivity index (χ3v) is 7.73. The minimum Gasteiger partial charge on any atom is -0.366 e. The number of benzene rings is 3. The zero-order valence-corrected chi connectivity index (χ0v) is 20.1. The molecule has 5 nitrogen and oxygen atoms in total. The number of likely N-dealkylation sites (tertiary alicyclic amines) is 2. The zero-order chi connectivity index (χ0) is 24.2. The molecule has 5 rings (SSSR count). The fourth-order valence-corrected chi connectivity index (χ4v) is 5.86. The topological polar surface area (TPSA) is 66.6 Å². The average Bonchev–Trinajstić information content (AvgIpc) is 3.33. The maximum atomic E-state index is 13.5. The van der Waals surface area contributed by atoms with E-state index in [9.17, 15) is 9.59 Å². The van der Waals surface area contributed by atoms with Gasteiger partial charge in [-0.3, -0.25) is 9.59 Å². The lowest BCUT2D eigenvalue weighted by atomic mass is 9.86. The molecule has 0 bridgehead atoms. The van der Waals surface area contributed by atoms with Crippen LogP contribution in [0.1, 0.15) is 56.5 Å². The van der Waals surface area contributed by atoms with Crippen molar-refractivity contribution in [3.8, 4) is 0 Å². The highest BCUT2D eigenvalue weighted by Crippen LogP contribution is 2.36. The number of hydrogen-bond acceptors (Lipinski definition) is 3. The Balaban J connectivity index is 1.31. The molecule has 0 saturated carbocycles. The van der Waals surface area contributed by atoms with Crippen molar-refractivity contribution in [1.29, 1.82) is 0 Å². The Labute approximate surface area is 207 Å². The number of piperidine rings is 1. The number of nitrogens with zero attached hydrogens (tertiary/aromatic N) is 2. The molecule has 0 spiro atoms. The van der Waals surface area contributed by atoms with E-state index in [-0.39, 0.29) is 11.8 Å². The van der Waals surface area contributed by atoms with Crippen molar-refractivity contribution in [2.45, 2.75) is 24.7 Å². The molecule has 2 atom stereocenters. The van der Waals surface area contributed by atoms with Crippen LogP contribution in [-0.2, 0) is 0 Å². The Morgan fingerprint density at radius 2 is 1.31 bits per heavy atom. The van der Waals surface area contributed by atoms with Gasteiger partial charge in [-0.25, -0.2) is 0 Å². The van der Waals surface area contributed by atoms with Gasteiger partial charge >= 0.3 is 0 Å². The van der Waals surface area contributed by atoms with Crippen LogP contribution in [0.3, 0.4) is 0 Å². The first-order valence-electron chi connectivity index (χ1n) is 12.6. The highest BCUT2D eigenvalue weighted by molar-refractivity contribution is 6.06. The lowest BCUT2D eigenvalue weighted by Gasteiger charge is -2.34. The summed E-state index contributed by atoms with van der Waals surface area (Å²) in [7, 11) is 0. The molecule has 180 valence electrons. The highest BCUT2D eigenvalue weighted by atomic mass is 16.2. The monoisotopic (exact) mass is 467 g/mol. The van der Waals surface area contributed by atoms with Gasteiger partial charge in [0.05, 0.1) is 11.1 Å². The molecule has 0 aromatic heterocycles. The van der Waals surface area contributed by atoms with Crippen LogP contribution in [0.2, 0.25) is 0 Å². The zero-order valence-electron chi connectivity index (χ0n) is 20.1. The summed E-state index contributed by atoms with van der Waals surface area (Å²) in [6.07, 6.45) is 2.34. The van der Waals surface area contributed by atoms with Crippen molar-refractivity contribution in [2.75, 3.05) is 32.7 Å². The quantitative estimate of drug-likeness (QED) is 0.580. The summed E-state index contributed by atoms with van der Waals surface area (Å²) >= 11 is 0. The molecule has 2 N–H and O–H groups in total. The number of primary amides is 1. The Bertz CT molecular complexity index is 1160. The van der Waals surface area contributed by atoms with E-state index < -0.39 is 5.91 Å². The van der Waals surface area contributed by atoms with Crippen molar-refractivity contribution in [2.24, 2.45) is 11.7 Å². The Morgan fingerprint density at radius 1 is 0.743 bits per heavy atom. The summed E-state index contributed by atoms with van der Waals surface area (Å²) in [4.78, 5) is 29.9. The summed E-state index contributed by atoms with van der Waals surface area (Å²) in [5, 5.41) is 0. The molecule has 2 saturated heterocycles. The molecule has 2 unspecified atom stereocenters. The van der Waals surface area contributed by atoms with E-state index in [1.165, 1.54) is 24.0 Å². The van der Waals surface area contributed by atoms with Crippen LogP contribution in [0.4, 0.5) is 0 Å². The van der Waals surface area contributed by atoms with Crippen molar-refractivity contribution in [1.82, 2.24) is 9.80 Å². The molecule has 0 radical (unpaired) electrons. The number of rotatable bonds is 6. The highest BCUT2D eigenvalue weighted by Gasteiger charge is 2.38. The molecule has 0 aliphatic carbocycles. The van der Waals surface area contributed by atoms with E-state index in [0.717, 1.165) is 19.6 Å². The third-order valence-electron chi connectivity index (χ3n) is 7.73. The van der Waals surface area contributed by atoms with Gasteiger partial charge in [-0.1, -0.05) is 72.8 Å². The third kappa shape index (κ3) is 5.15. The molecule has 2 aliphatic heterocycles. The van der Waals surface area contributed by atoms with Crippen molar-refractivity contribution in [3.05, 3.63) is 107 Å². The predicted octanol–water partition coefficient (Wildman–Crippen LogP) is 4.52. The fraction of sp³-hybridized carbons (Fsp3) is 0.333. The van der Waals surface area contributed by atoms with Crippen molar-refractivity contribution < 1.29 is 9.59 Å². The molecular formula is C30H33N3O2. The predicted molar refractivity (Wildman–Crippen MR) is 138 cm³/mol. The van der Waals surface area contributed by atoms with Gasteiger partial charge in [-0.2, -0.15) is 0 Å². The van der Waals surface area contributed by atoms with Gasteiger partial charge in [0.1, 0.15) is 0 Å². The van der Waals surface area contributed by atoms with E-state index in [4.69, 9.17) is 5.73 Å². The van der Waals surface area contributed by atoms with E-state index in [2.05, 4.69) is 59.5 Å². The van der Waals surface area contributed by atoms with E-state index in [1.54, 1.807) is 24.3 Å². The van der Waals surface area contributed by atoms with Crippen LogP contribution in [0.25, 0.3) is 0 Å². The number of carbonyl (C=O) groups is 2. The molecule has 2 aliphatic rings. The van der Waals surface area contributed by atoms with Crippen molar-refractivity contribution in [3.63, 3.8) is 0 Å². The van der Waals surface area contributed by atoms with Gasteiger partial charge in [0.25, 0.3) is 5.91 Å². The van der Waals surface area contributed by atoms with E-state index in [0.29, 0.717) is 36.1 Å². The van der Waals surface area contributed by atoms with Crippen LogP contribution in [-0.4, -0.2) is 54.3 Å². The Morgan fingerprint density at radius 3 is 1.94 bits per heavy atom. The minimum atomic E-state index is -0.564. The molecule has 35 heavy (non-hydrogen) atoms. The maximum absolute atomic E-state index is 13.5. The fourth-order valence-electron chi connectivity index (χ4n) is 5.86. The number of carbonyl (C=O) groups excluding carboxylic acids is 2. The summed E-state index contributed by atoms with van der Waals surface area (Å²) in [6.45, 7) is 4.47. The number of nitrogens with two attached hydrogens (primary N) is 1. The van der Waals surface area contributed by atoms with Crippen LogP contribution in [0, 0.1) is 5.92 Å². The van der Waals surface area contributed by atoms with Gasteiger partial charge in [0.2, 0.25) is 5.91 Å². The smallest absolute Gasteiger partial charge is 0.254 e. The summed E-state index contributed by atoms with van der Waals surface area (Å²) < 4.78 is 0. The first-order valence-corrected chi connectivity index (χ1v) is 12.6. The van der Waals surface area contributed by atoms with Gasteiger partial charge in [-0.15, -0.1) is 0 Å². The maximum Gasteiger partial charge on any atom is 0.254 e. The average molecular weight is 468 g/mol. The van der Waals surface area contributed by atoms with Crippen LogP contribution >= 0.6 is 0 Å². The Kier molecular flexibility index (Phi) is 6.96.